The van der Waals surface area contributed by atoms with Crippen LogP contribution in [0.15, 0.2) is 22.9 Å². The molecule has 0 aliphatic heterocycles. The van der Waals surface area contributed by atoms with Gasteiger partial charge in [-0.2, -0.15) is 11.3 Å². The van der Waals surface area contributed by atoms with Crippen molar-refractivity contribution in [2.75, 3.05) is 10.6 Å². The van der Waals surface area contributed by atoms with Crippen molar-refractivity contribution in [2.45, 2.75) is 51.6 Å². The Hall–Kier alpha value is -1.62. The van der Waals surface area contributed by atoms with Crippen LogP contribution >= 0.6 is 11.3 Å². The fourth-order valence-corrected chi connectivity index (χ4v) is 2.96. The van der Waals surface area contributed by atoms with Gasteiger partial charge in [0.05, 0.1) is 0 Å². The number of rotatable bonds is 4. The summed E-state index contributed by atoms with van der Waals surface area (Å²) in [6.45, 7) is 7.25. The molecule has 1 fully saturated rings. The SMILES string of the molecule is CC(C)(C)c1nc(N)cc(N(Cc2ccsc2)C2CC2)n1. The van der Waals surface area contributed by atoms with E-state index in [1.807, 2.05) is 6.07 Å². The molecule has 0 amide bonds. The van der Waals surface area contributed by atoms with Gasteiger partial charge in [-0.15, -0.1) is 0 Å². The molecule has 2 heterocycles. The Morgan fingerprint density at radius 3 is 2.67 bits per heavy atom. The van der Waals surface area contributed by atoms with Crippen LogP contribution in [0.5, 0.6) is 0 Å². The number of hydrogen-bond acceptors (Lipinski definition) is 5. The summed E-state index contributed by atoms with van der Waals surface area (Å²) in [7, 11) is 0. The third-order valence-electron chi connectivity index (χ3n) is 3.62. The molecule has 0 spiro atoms. The molecule has 0 radical (unpaired) electrons. The van der Waals surface area contributed by atoms with Crippen molar-refractivity contribution in [2.24, 2.45) is 0 Å². The molecule has 0 atom stereocenters. The van der Waals surface area contributed by atoms with Gasteiger partial charge < -0.3 is 10.6 Å². The second-order valence-corrected chi connectivity index (χ2v) is 7.50. The van der Waals surface area contributed by atoms with E-state index >= 15 is 0 Å². The second kappa shape index (κ2) is 5.30. The van der Waals surface area contributed by atoms with E-state index in [4.69, 9.17) is 10.7 Å². The van der Waals surface area contributed by atoms with Crippen molar-refractivity contribution >= 4 is 23.0 Å². The Labute approximate surface area is 130 Å². The topological polar surface area (TPSA) is 55.0 Å². The summed E-state index contributed by atoms with van der Waals surface area (Å²) < 4.78 is 0. The summed E-state index contributed by atoms with van der Waals surface area (Å²) in [5, 5.41) is 4.32. The van der Waals surface area contributed by atoms with Gasteiger partial charge in [0.2, 0.25) is 0 Å². The molecule has 2 aromatic rings. The molecule has 4 nitrogen and oxygen atoms in total. The first-order valence-electron chi connectivity index (χ1n) is 7.36. The molecule has 0 bridgehead atoms. The molecule has 0 saturated heterocycles. The highest BCUT2D eigenvalue weighted by Gasteiger charge is 2.31. The molecule has 1 saturated carbocycles. The lowest BCUT2D eigenvalue weighted by molar-refractivity contribution is 0.544. The van der Waals surface area contributed by atoms with Gasteiger partial charge in [0, 0.05) is 24.1 Å². The zero-order valence-electron chi connectivity index (χ0n) is 12.8. The number of aromatic nitrogens is 2. The Bertz CT molecular complexity index is 612. The summed E-state index contributed by atoms with van der Waals surface area (Å²) in [6, 6.07) is 4.67. The van der Waals surface area contributed by atoms with Crippen molar-refractivity contribution in [3.63, 3.8) is 0 Å². The summed E-state index contributed by atoms with van der Waals surface area (Å²) in [4.78, 5) is 11.6. The fourth-order valence-electron chi connectivity index (χ4n) is 2.30. The lowest BCUT2D eigenvalue weighted by Crippen LogP contribution is -2.28. The molecule has 0 aromatic carbocycles. The Morgan fingerprint density at radius 2 is 2.10 bits per heavy atom. The molecule has 2 N–H and O–H groups in total. The molecular formula is C16H22N4S. The van der Waals surface area contributed by atoms with Crippen molar-refractivity contribution in [1.29, 1.82) is 0 Å². The predicted molar refractivity (Wildman–Crippen MR) is 88.7 cm³/mol. The molecule has 1 aliphatic rings. The van der Waals surface area contributed by atoms with Gasteiger partial charge in [-0.3, -0.25) is 0 Å². The standard InChI is InChI=1S/C16H22N4S/c1-16(2,3)15-18-13(17)8-14(19-15)20(12-4-5-12)9-11-6-7-21-10-11/h6-8,10,12H,4-5,9H2,1-3H3,(H2,17,18,19). The second-order valence-electron chi connectivity index (χ2n) is 6.72. The molecule has 3 rings (SSSR count). The highest BCUT2D eigenvalue weighted by Crippen LogP contribution is 2.34. The van der Waals surface area contributed by atoms with Crippen LogP contribution in [-0.4, -0.2) is 16.0 Å². The van der Waals surface area contributed by atoms with Gasteiger partial charge in [0.15, 0.2) is 0 Å². The number of anilines is 2. The highest BCUT2D eigenvalue weighted by molar-refractivity contribution is 7.07. The van der Waals surface area contributed by atoms with Crippen LogP contribution in [0.2, 0.25) is 0 Å². The van der Waals surface area contributed by atoms with E-state index in [1.54, 1.807) is 11.3 Å². The van der Waals surface area contributed by atoms with Gasteiger partial charge in [-0.1, -0.05) is 20.8 Å². The number of nitrogens with two attached hydrogens (primary N) is 1. The average molecular weight is 302 g/mol. The van der Waals surface area contributed by atoms with E-state index in [2.05, 4.69) is 47.5 Å². The summed E-state index contributed by atoms with van der Waals surface area (Å²) >= 11 is 1.74. The fraction of sp³-hybridized carbons (Fsp3) is 0.500. The van der Waals surface area contributed by atoms with Crippen LogP contribution in [0.3, 0.4) is 0 Å². The first-order chi connectivity index (χ1) is 9.93. The Kier molecular flexibility index (Phi) is 3.61. The van der Waals surface area contributed by atoms with E-state index < -0.39 is 0 Å². The lowest BCUT2D eigenvalue weighted by atomic mass is 9.96. The lowest BCUT2D eigenvalue weighted by Gasteiger charge is -2.26. The first kappa shape index (κ1) is 14.3. The monoisotopic (exact) mass is 302 g/mol. The Balaban J connectivity index is 1.94. The largest absolute Gasteiger partial charge is 0.384 e. The maximum atomic E-state index is 6.01. The van der Waals surface area contributed by atoms with Crippen LogP contribution < -0.4 is 10.6 Å². The molecule has 2 aromatic heterocycles. The van der Waals surface area contributed by atoms with Crippen molar-refractivity contribution in [3.8, 4) is 0 Å². The first-order valence-corrected chi connectivity index (χ1v) is 8.30. The zero-order chi connectivity index (χ0) is 15.0. The number of thiophene rings is 1. The van der Waals surface area contributed by atoms with Crippen LogP contribution in [0.25, 0.3) is 0 Å². The van der Waals surface area contributed by atoms with Gasteiger partial charge in [-0.25, -0.2) is 9.97 Å². The minimum Gasteiger partial charge on any atom is -0.384 e. The van der Waals surface area contributed by atoms with E-state index in [0.29, 0.717) is 11.9 Å². The number of nitrogen functional groups attached to an aromatic ring is 1. The minimum atomic E-state index is -0.0955. The molecule has 112 valence electrons. The zero-order valence-corrected chi connectivity index (χ0v) is 13.7. The molecule has 0 unspecified atom stereocenters. The number of nitrogens with zero attached hydrogens (tertiary/aromatic N) is 3. The van der Waals surface area contributed by atoms with E-state index in [0.717, 1.165) is 18.2 Å². The van der Waals surface area contributed by atoms with Crippen LogP contribution in [-0.2, 0) is 12.0 Å². The third kappa shape index (κ3) is 3.35. The van der Waals surface area contributed by atoms with E-state index in [-0.39, 0.29) is 5.41 Å². The van der Waals surface area contributed by atoms with Crippen molar-refractivity contribution in [3.05, 3.63) is 34.3 Å². The van der Waals surface area contributed by atoms with Crippen LogP contribution in [0.1, 0.15) is 45.0 Å². The summed E-state index contributed by atoms with van der Waals surface area (Å²) in [5.41, 5.74) is 7.25. The number of hydrogen-bond donors (Lipinski definition) is 1. The predicted octanol–water partition coefficient (Wildman–Crippen LogP) is 3.59. The van der Waals surface area contributed by atoms with Crippen molar-refractivity contribution in [1.82, 2.24) is 9.97 Å². The molecule has 1 aliphatic carbocycles. The highest BCUT2D eigenvalue weighted by atomic mass is 32.1. The molecule has 21 heavy (non-hydrogen) atoms. The maximum Gasteiger partial charge on any atom is 0.138 e. The smallest absolute Gasteiger partial charge is 0.138 e. The van der Waals surface area contributed by atoms with E-state index in [9.17, 15) is 0 Å². The quantitative estimate of drug-likeness (QED) is 0.938. The van der Waals surface area contributed by atoms with Crippen LogP contribution in [0, 0.1) is 0 Å². The van der Waals surface area contributed by atoms with Gasteiger partial charge in [0.25, 0.3) is 0 Å². The third-order valence-corrected chi connectivity index (χ3v) is 4.35. The minimum absolute atomic E-state index is 0.0955. The molecular weight excluding hydrogens is 280 g/mol. The van der Waals surface area contributed by atoms with Gasteiger partial charge in [0.1, 0.15) is 17.5 Å². The normalized spacial score (nSPS) is 15.2. The summed E-state index contributed by atoms with van der Waals surface area (Å²) in [5.74, 6) is 2.33. The summed E-state index contributed by atoms with van der Waals surface area (Å²) in [6.07, 6.45) is 2.47. The molecule has 5 heteroatoms. The maximum absolute atomic E-state index is 6.01. The Morgan fingerprint density at radius 1 is 1.33 bits per heavy atom. The van der Waals surface area contributed by atoms with E-state index in [1.165, 1.54) is 18.4 Å². The van der Waals surface area contributed by atoms with Crippen LogP contribution in [0.4, 0.5) is 11.6 Å². The van der Waals surface area contributed by atoms with Gasteiger partial charge >= 0.3 is 0 Å². The van der Waals surface area contributed by atoms with Crippen molar-refractivity contribution < 1.29 is 0 Å². The average Bonchev–Trinajstić information content (AvgIpc) is 3.11. The van der Waals surface area contributed by atoms with Gasteiger partial charge in [-0.05, 0) is 35.2 Å².